The van der Waals surface area contributed by atoms with Gasteiger partial charge in [-0.2, -0.15) is 0 Å². The molecule has 0 aromatic carbocycles. The lowest BCUT2D eigenvalue weighted by molar-refractivity contribution is -0.125. The molecule has 0 bridgehead atoms. The number of aromatic amines is 1. The van der Waals surface area contributed by atoms with Gasteiger partial charge >= 0.3 is 0 Å². The molecule has 1 heterocycles. The number of imidazole rings is 1. The number of aromatic nitrogens is 2. The Hall–Kier alpha value is -1.84. The molecule has 1 rings (SSSR count). The maximum Gasteiger partial charge on any atom is 0.246 e. The number of amides is 1. The topological polar surface area (TPSA) is 49.0 Å². The van der Waals surface area contributed by atoms with Crippen molar-refractivity contribution in [2.45, 2.75) is 13.5 Å². The number of carbonyl (C=O) groups is 1. The summed E-state index contributed by atoms with van der Waals surface area (Å²) in [4.78, 5) is 20.1. The average molecular weight is 205 g/mol. The molecule has 1 aromatic heterocycles. The zero-order chi connectivity index (χ0) is 11.1. The number of allylic oxidation sites excluding steroid dienone is 3. The van der Waals surface area contributed by atoms with E-state index in [0.29, 0.717) is 6.54 Å². The van der Waals surface area contributed by atoms with E-state index in [-0.39, 0.29) is 5.91 Å². The summed E-state index contributed by atoms with van der Waals surface area (Å²) in [6.07, 6.45) is 10.4. The van der Waals surface area contributed by atoms with Gasteiger partial charge in [0, 0.05) is 25.5 Å². The van der Waals surface area contributed by atoms with Crippen molar-refractivity contribution in [2.24, 2.45) is 0 Å². The fourth-order valence-electron chi connectivity index (χ4n) is 1.06. The minimum atomic E-state index is -0.0375. The van der Waals surface area contributed by atoms with E-state index in [1.807, 2.05) is 19.1 Å². The Bertz CT molecular complexity index is 352. The molecule has 15 heavy (non-hydrogen) atoms. The molecule has 0 saturated carbocycles. The van der Waals surface area contributed by atoms with Gasteiger partial charge in [0.15, 0.2) is 0 Å². The van der Waals surface area contributed by atoms with E-state index in [4.69, 9.17) is 0 Å². The van der Waals surface area contributed by atoms with Gasteiger partial charge in [-0.1, -0.05) is 18.2 Å². The second-order valence-corrected chi connectivity index (χ2v) is 3.12. The van der Waals surface area contributed by atoms with Crippen LogP contribution in [0.5, 0.6) is 0 Å². The van der Waals surface area contributed by atoms with Crippen LogP contribution >= 0.6 is 0 Å². The number of nitrogens with one attached hydrogen (secondary N) is 1. The highest BCUT2D eigenvalue weighted by molar-refractivity contribution is 5.87. The normalized spacial score (nSPS) is 11.3. The van der Waals surface area contributed by atoms with Gasteiger partial charge in [-0.15, -0.1) is 0 Å². The summed E-state index contributed by atoms with van der Waals surface area (Å²) in [5.41, 5.74) is 0. The lowest BCUT2D eigenvalue weighted by atomic mass is 10.4. The molecule has 0 fully saturated rings. The quantitative estimate of drug-likeness (QED) is 0.598. The Morgan fingerprint density at radius 1 is 1.60 bits per heavy atom. The van der Waals surface area contributed by atoms with E-state index in [1.165, 1.54) is 6.08 Å². The molecule has 0 aliphatic rings. The lowest BCUT2D eigenvalue weighted by Crippen LogP contribution is -2.24. The highest BCUT2D eigenvalue weighted by Gasteiger charge is 2.05. The van der Waals surface area contributed by atoms with Crippen LogP contribution in [0.15, 0.2) is 36.7 Å². The SMILES string of the molecule is CC=CC=CC(=O)N(C)Cc1ncc[nH]1. The van der Waals surface area contributed by atoms with E-state index in [9.17, 15) is 4.79 Å². The van der Waals surface area contributed by atoms with Crippen molar-refractivity contribution in [3.05, 3.63) is 42.5 Å². The molecule has 1 amide bonds. The van der Waals surface area contributed by atoms with Crippen molar-refractivity contribution >= 4 is 5.91 Å². The first kappa shape index (κ1) is 11.2. The molecule has 80 valence electrons. The van der Waals surface area contributed by atoms with Crippen molar-refractivity contribution < 1.29 is 4.79 Å². The van der Waals surface area contributed by atoms with E-state index in [0.717, 1.165) is 5.82 Å². The van der Waals surface area contributed by atoms with Crippen LogP contribution < -0.4 is 0 Å². The van der Waals surface area contributed by atoms with Crippen LogP contribution in [-0.2, 0) is 11.3 Å². The number of hydrogen-bond acceptors (Lipinski definition) is 2. The monoisotopic (exact) mass is 205 g/mol. The second-order valence-electron chi connectivity index (χ2n) is 3.12. The zero-order valence-electron chi connectivity index (χ0n) is 8.97. The Morgan fingerprint density at radius 2 is 2.40 bits per heavy atom. The van der Waals surface area contributed by atoms with Gasteiger partial charge in [0.1, 0.15) is 5.82 Å². The number of carbonyl (C=O) groups excluding carboxylic acids is 1. The maximum absolute atomic E-state index is 11.5. The summed E-state index contributed by atoms with van der Waals surface area (Å²) >= 11 is 0. The number of likely N-dealkylation sites (N-methyl/N-ethyl adjacent to an activating group) is 1. The highest BCUT2D eigenvalue weighted by atomic mass is 16.2. The van der Waals surface area contributed by atoms with Crippen molar-refractivity contribution in [1.29, 1.82) is 0 Å². The van der Waals surface area contributed by atoms with E-state index in [2.05, 4.69) is 9.97 Å². The minimum Gasteiger partial charge on any atom is -0.347 e. The van der Waals surface area contributed by atoms with Crippen LogP contribution in [0.2, 0.25) is 0 Å². The second kappa shape index (κ2) is 5.80. The maximum atomic E-state index is 11.5. The standard InChI is InChI=1S/C11H15N3O/c1-3-4-5-6-11(15)14(2)9-10-12-7-8-13-10/h3-8H,9H2,1-2H3,(H,12,13). The van der Waals surface area contributed by atoms with Gasteiger partial charge in [-0.25, -0.2) is 4.98 Å². The van der Waals surface area contributed by atoms with Crippen molar-refractivity contribution in [3.8, 4) is 0 Å². The Kier molecular flexibility index (Phi) is 4.34. The number of H-pyrrole nitrogens is 1. The van der Waals surface area contributed by atoms with E-state index < -0.39 is 0 Å². The fourth-order valence-corrected chi connectivity index (χ4v) is 1.06. The first-order valence-corrected chi connectivity index (χ1v) is 4.76. The predicted octanol–water partition coefficient (Wildman–Crippen LogP) is 1.50. The predicted molar refractivity (Wildman–Crippen MR) is 59.0 cm³/mol. The van der Waals surface area contributed by atoms with Gasteiger partial charge in [0.05, 0.1) is 6.54 Å². The van der Waals surface area contributed by atoms with E-state index >= 15 is 0 Å². The van der Waals surface area contributed by atoms with E-state index in [1.54, 1.807) is 30.4 Å². The third-order valence-corrected chi connectivity index (χ3v) is 1.86. The average Bonchev–Trinajstić information content (AvgIpc) is 2.70. The number of nitrogens with zero attached hydrogens (tertiary/aromatic N) is 2. The zero-order valence-corrected chi connectivity index (χ0v) is 8.97. The van der Waals surface area contributed by atoms with Crippen LogP contribution in [-0.4, -0.2) is 27.8 Å². The number of hydrogen-bond donors (Lipinski definition) is 1. The third kappa shape index (κ3) is 3.81. The van der Waals surface area contributed by atoms with Gasteiger partial charge in [0.25, 0.3) is 0 Å². The molecule has 4 heteroatoms. The van der Waals surface area contributed by atoms with Gasteiger partial charge < -0.3 is 9.88 Å². The molecule has 0 aliphatic carbocycles. The minimum absolute atomic E-state index is 0.0375. The van der Waals surface area contributed by atoms with Crippen molar-refractivity contribution in [1.82, 2.24) is 14.9 Å². The van der Waals surface area contributed by atoms with Crippen LogP contribution in [0.3, 0.4) is 0 Å². The molecular formula is C11H15N3O. The summed E-state index contributed by atoms with van der Waals surface area (Å²) in [5, 5.41) is 0. The molecule has 0 radical (unpaired) electrons. The highest BCUT2D eigenvalue weighted by Crippen LogP contribution is 1.96. The van der Waals surface area contributed by atoms with Gasteiger partial charge in [-0.05, 0) is 6.92 Å². The first-order valence-electron chi connectivity index (χ1n) is 4.76. The molecule has 0 aliphatic heterocycles. The van der Waals surface area contributed by atoms with Crippen molar-refractivity contribution in [3.63, 3.8) is 0 Å². The summed E-state index contributed by atoms with van der Waals surface area (Å²) in [6, 6.07) is 0. The summed E-state index contributed by atoms with van der Waals surface area (Å²) in [7, 11) is 1.74. The summed E-state index contributed by atoms with van der Waals surface area (Å²) in [6.45, 7) is 2.40. The van der Waals surface area contributed by atoms with Crippen LogP contribution in [0.25, 0.3) is 0 Å². The van der Waals surface area contributed by atoms with Crippen LogP contribution in [0, 0.1) is 0 Å². The molecule has 4 nitrogen and oxygen atoms in total. The Labute approximate surface area is 89.3 Å². The molecule has 1 N–H and O–H groups in total. The largest absolute Gasteiger partial charge is 0.347 e. The molecule has 0 atom stereocenters. The molecule has 0 unspecified atom stereocenters. The Morgan fingerprint density at radius 3 is 3.00 bits per heavy atom. The smallest absolute Gasteiger partial charge is 0.246 e. The fraction of sp³-hybridized carbons (Fsp3) is 0.273. The van der Waals surface area contributed by atoms with Crippen LogP contribution in [0.4, 0.5) is 0 Å². The lowest BCUT2D eigenvalue weighted by Gasteiger charge is -2.12. The van der Waals surface area contributed by atoms with Gasteiger partial charge in [0.2, 0.25) is 5.91 Å². The molecule has 0 saturated heterocycles. The molecule has 1 aromatic rings. The Balaban J connectivity index is 2.46. The molecule has 0 spiro atoms. The molecular weight excluding hydrogens is 190 g/mol. The third-order valence-electron chi connectivity index (χ3n) is 1.86. The summed E-state index contributed by atoms with van der Waals surface area (Å²) < 4.78 is 0. The van der Waals surface area contributed by atoms with Crippen molar-refractivity contribution in [2.75, 3.05) is 7.05 Å². The van der Waals surface area contributed by atoms with Crippen LogP contribution in [0.1, 0.15) is 12.7 Å². The first-order chi connectivity index (χ1) is 7.24. The van der Waals surface area contributed by atoms with Gasteiger partial charge in [-0.3, -0.25) is 4.79 Å². The number of rotatable bonds is 4. The summed E-state index contributed by atoms with van der Waals surface area (Å²) in [5.74, 6) is 0.745.